The minimum Gasteiger partial charge on any atom is -0.445 e. The van der Waals surface area contributed by atoms with Gasteiger partial charge >= 0.3 is 6.98 Å². The summed E-state index contributed by atoms with van der Waals surface area (Å²) < 4.78 is 50.0. The lowest BCUT2D eigenvalue weighted by molar-refractivity contribution is 0.103. The van der Waals surface area contributed by atoms with Crippen LogP contribution in [0.3, 0.4) is 0 Å². The van der Waals surface area contributed by atoms with Crippen LogP contribution >= 0.6 is 0 Å². The summed E-state index contributed by atoms with van der Waals surface area (Å²) >= 11 is 0. The lowest BCUT2D eigenvalue weighted by atomic mass is 9.79. The van der Waals surface area contributed by atoms with E-state index in [4.69, 9.17) is 0 Å². The molecule has 98 valence electrons. The van der Waals surface area contributed by atoms with Gasteiger partial charge in [0.15, 0.2) is 5.78 Å². The van der Waals surface area contributed by atoms with Gasteiger partial charge < -0.3 is 12.9 Å². The van der Waals surface area contributed by atoms with E-state index in [1.165, 1.54) is 12.1 Å². The smallest absolute Gasteiger partial charge is 0.445 e. The standard InChI is InChI=1S/C13H8BF4O/c15-12-7-3-10(4-8-12)13(19)9-1-5-11(6-2-9)14(16,17)18/h1-8H/q-1. The Kier molecular flexibility index (Phi) is 3.42. The van der Waals surface area contributed by atoms with Gasteiger partial charge in [0.05, 0.1) is 0 Å². The fourth-order valence-corrected chi connectivity index (χ4v) is 1.62. The van der Waals surface area contributed by atoms with Crippen LogP contribution in [0.1, 0.15) is 15.9 Å². The minimum absolute atomic E-state index is 0.135. The zero-order valence-corrected chi connectivity index (χ0v) is 9.62. The van der Waals surface area contributed by atoms with Gasteiger partial charge in [0, 0.05) is 11.1 Å². The highest BCUT2D eigenvalue weighted by Gasteiger charge is 2.25. The van der Waals surface area contributed by atoms with Crippen molar-refractivity contribution in [2.75, 3.05) is 0 Å². The maximum Gasteiger partial charge on any atom is 0.509 e. The summed E-state index contributed by atoms with van der Waals surface area (Å²) in [6, 6.07) is 8.82. The minimum atomic E-state index is -5.07. The van der Waals surface area contributed by atoms with Crippen LogP contribution < -0.4 is 5.46 Å². The molecule has 0 aliphatic carbocycles. The summed E-state index contributed by atoms with van der Waals surface area (Å²) in [5.74, 6) is -0.923. The number of benzene rings is 2. The molecular weight excluding hydrogens is 259 g/mol. The predicted octanol–water partition coefficient (Wildman–Crippen LogP) is 3.11. The summed E-state index contributed by atoms with van der Waals surface area (Å²) in [6.45, 7) is -5.07. The molecule has 0 saturated carbocycles. The van der Waals surface area contributed by atoms with Gasteiger partial charge in [0.25, 0.3) is 0 Å². The molecule has 0 aliphatic heterocycles. The Balaban J connectivity index is 2.27. The Morgan fingerprint density at radius 1 is 0.789 bits per heavy atom. The molecule has 0 bridgehead atoms. The van der Waals surface area contributed by atoms with Crippen LogP contribution in [-0.4, -0.2) is 12.8 Å². The van der Waals surface area contributed by atoms with Crippen LogP contribution in [0.15, 0.2) is 48.5 Å². The highest BCUT2D eigenvalue weighted by atomic mass is 19.4. The van der Waals surface area contributed by atoms with Crippen molar-refractivity contribution in [1.82, 2.24) is 0 Å². The lowest BCUT2D eigenvalue weighted by Gasteiger charge is -2.14. The van der Waals surface area contributed by atoms with E-state index < -0.39 is 24.0 Å². The van der Waals surface area contributed by atoms with Crippen LogP contribution in [0.25, 0.3) is 0 Å². The van der Waals surface area contributed by atoms with Crippen LogP contribution in [-0.2, 0) is 0 Å². The molecule has 0 saturated heterocycles. The molecular formula is C13H8BF4O-. The Bertz CT molecular complexity index is 588. The van der Waals surface area contributed by atoms with Crippen LogP contribution in [0.4, 0.5) is 17.3 Å². The first-order valence-electron chi connectivity index (χ1n) is 5.48. The maximum absolute atomic E-state index is 12.7. The lowest BCUT2D eigenvalue weighted by Crippen LogP contribution is -2.33. The van der Waals surface area contributed by atoms with Crippen molar-refractivity contribution in [3.63, 3.8) is 0 Å². The molecule has 0 fully saturated rings. The molecule has 2 aromatic rings. The first-order valence-corrected chi connectivity index (χ1v) is 5.48. The summed E-state index contributed by atoms with van der Waals surface area (Å²) in [5, 5.41) is 0. The van der Waals surface area contributed by atoms with Crippen molar-refractivity contribution in [3.05, 3.63) is 65.5 Å². The van der Waals surface area contributed by atoms with Crippen molar-refractivity contribution < 1.29 is 22.1 Å². The number of rotatable bonds is 3. The predicted molar refractivity (Wildman–Crippen MR) is 65.0 cm³/mol. The fraction of sp³-hybridized carbons (Fsp3) is 0. The number of carbonyl (C=O) groups excluding carboxylic acids is 1. The van der Waals surface area contributed by atoms with Gasteiger partial charge in [-0.1, -0.05) is 24.3 Å². The largest absolute Gasteiger partial charge is 0.509 e. The van der Waals surface area contributed by atoms with Gasteiger partial charge in [-0.15, -0.1) is 5.46 Å². The molecule has 0 unspecified atom stereocenters. The van der Waals surface area contributed by atoms with Gasteiger partial charge in [-0.25, -0.2) is 4.39 Å². The number of ketones is 1. The van der Waals surface area contributed by atoms with Crippen molar-refractivity contribution in [2.24, 2.45) is 0 Å². The monoisotopic (exact) mass is 267 g/mol. The van der Waals surface area contributed by atoms with E-state index in [-0.39, 0.29) is 11.1 Å². The number of carbonyl (C=O) groups is 1. The molecule has 0 radical (unpaired) electrons. The Morgan fingerprint density at radius 3 is 1.63 bits per heavy atom. The molecule has 6 heteroatoms. The van der Waals surface area contributed by atoms with E-state index in [1.807, 2.05) is 0 Å². The number of halogens is 4. The molecule has 0 amide bonds. The molecule has 19 heavy (non-hydrogen) atoms. The quantitative estimate of drug-likeness (QED) is 0.474. The van der Waals surface area contributed by atoms with E-state index in [0.29, 0.717) is 0 Å². The van der Waals surface area contributed by atoms with E-state index in [0.717, 1.165) is 36.4 Å². The SMILES string of the molecule is O=C(c1ccc(F)cc1)c1ccc([B-](F)(F)F)cc1. The van der Waals surface area contributed by atoms with E-state index in [1.54, 1.807) is 0 Å². The second-order valence-corrected chi connectivity index (χ2v) is 4.03. The van der Waals surface area contributed by atoms with Gasteiger partial charge in [-0.3, -0.25) is 4.79 Å². The molecule has 0 aliphatic rings. The molecule has 0 spiro atoms. The Hall–Kier alpha value is -2.11. The summed E-state index contributed by atoms with van der Waals surface area (Å²) in [4.78, 5) is 11.9. The maximum atomic E-state index is 12.7. The van der Waals surface area contributed by atoms with Gasteiger partial charge in [-0.2, -0.15) is 0 Å². The first kappa shape index (κ1) is 13.3. The molecule has 1 nitrogen and oxygen atoms in total. The van der Waals surface area contributed by atoms with E-state index >= 15 is 0 Å². The van der Waals surface area contributed by atoms with Crippen LogP contribution in [0, 0.1) is 5.82 Å². The topological polar surface area (TPSA) is 17.1 Å². The third-order valence-electron chi connectivity index (χ3n) is 2.66. The summed E-state index contributed by atoms with van der Waals surface area (Å²) in [5.41, 5.74) is -0.391. The third kappa shape index (κ3) is 3.02. The van der Waals surface area contributed by atoms with Crippen molar-refractivity contribution >= 4 is 18.2 Å². The van der Waals surface area contributed by atoms with Gasteiger partial charge in [0.1, 0.15) is 5.82 Å². The molecule has 2 aromatic carbocycles. The summed E-state index contributed by atoms with van der Waals surface area (Å²) in [6.07, 6.45) is 0. The second kappa shape index (κ2) is 4.88. The van der Waals surface area contributed by atoms with Crippen molar-refractivity contribution in [1.29, 1.82) is 0 Å². The van der Waals surface area contributed by atoms with Crippen LogP contribution in [0.2, 0.25) is 0 Å². The Labute approximate surface area is 106 Å². The van der Waals surface area contributed by atoms with Gasteiger partial charge in [0.2, 0.25) is 0 Å². The zero-order valence-electron chi connectivity index (χ0n) is 9.62. The fourth-order valence-electron chi connectivity index (χ4n) is 1.62. The van der Waals surface area contributed by atoms with Crippen LogP contribution in [0.5, 0.6) is 0 Å². The first-order chi connectivity index (χ1) is 8.88. The normalized spacial score (nSPS) is 11.4. The molecule has 2 rings (SSSR count). The highest BCUT2D eigenvalue weighted by Crippen LogP contribution is 2.13. The van der Waals surface area contributed by atoms with Gasteiger partial charge in [-0.05, 0) is 24.3 Å². The Morgan fingerprint density at radius 2 is 1.21 bits per heavy atom. The third-order valence-corrected chi connectivity index (χ3v) is 2.66. The molecule has 0 atom stereocenters. The number of hydrogen-bond acceptors (Lipinski definition) is 1. The molecule has 0 N–H and O–H groups in total. The average molecular weight is 267 g/mol. The van der Waals surface area contributed by atoms with E-state index in [2.05, 4.69) is 0 Å². The zero-order chi connectivity index (χ0) is 14.0. The highest BCUT2D eigenvalue weighted by molar-refractivity contribution is 6.73. The molecule has 0 heterocycles. The molecule has 0 aromatic heterocycles. The van der Waals surface area contributed by atoms with Crippen molar-refractivity contribution in [2.45, 2.75) is 0 Å². The average Bonchev–Trinajstić information content (AvgIpc) is 2.38. The number of hydrogen-bond donors (Lipinski definition) is 0. The second-order valence-electron chi connectivity index (χ2n) is 4.03. The summed E-state index contributed by atoms with van der Waals surface area (Å²) in [7, 11) is 0. The van der Waals surface area contributed by atoms with Crippen molar-refractivity contribution in [3.8, 4) is 0 Å². The van der Waals surface area contributed by atoms with E-state index in [9.17, 15) is 22.1 Å².